The molecule has 1 aromatic carbocycles. The smallest absolute Gasteiger partial charge is 0.308 e. The summed E-state index contributed by atoms with van der Waals surface area (Å²) in [5.41, 5.74) is 1.46. The number of hydrogen-bond donors (Lipinski definition) is 2. The number of aryl methyl sites for hydroxylation is 1. The number of rotatable bonds is 7. The first-order valence-electron chi connectivity index (χ1n) is 8.81. The van der Waals surface area contributed by atoms with Gasteiger partial charge in [-0.15, -0.1) is 0 Å². The largest absolute Gasteiger partial charge is 0.452 e. The van der Waals surface area contributed by atoms with E-state index in [9.17, 15) is 14.4 Å². The minimum atomic E-state index is -0.819. The molecule has 25 heavy (non-hydrogen) atoms. The lowest BCUT2D eigenvalue weighted by molar-refractivity contribution is -0.154. The van der Waals surface area contributed by atoms with E-state index in [-0.39, 0.29) is 30.8 Å². The maximum absolute atomic E-state index is 12.0. The van der Waals surface area contributed by atoms with Crippen LogP contribution in [0.3, 0.4) is 0 Å². The molecule has 2 rings (SSSR count). The highest BCUT2D eigenvalue weighted by molar-refractivity contribution is 5.95. The number of benzene rings is 1. The highest BCUT2D eigenvalue weighted by atomic mass is 16.5. The maximum atomic E-state index is 12.0. The Hall–Kier alpha value is -2.37. The predicted molar refractivity (Wildman–Crippen MR) is 94.1 cm³/mol. The van der Waals surface area contributed by atoms with Crippen LogP contribution in [0.25, 0.3) is 0 Å². The second-order valence-corrected chi connectivity index (χ2v) is 6.44. The van der Waals surface area contributed by atoms with E-state index in [1.807, 2.05) is 19.1 Å². The van der Waals surface area contributed by atoms with E-state index in [1.165, 1.54) is 0 Å². The zero-order valence-corrected chi connectivity index (χ0v) is 14.8. The maximum Gasteiger partial charge on any atom is 0.308 e. The van der Waals surface area contributed by atoms with Crippen LogP contribution in [0.2, 0.25) is 0 Å². The fourth-order valence-electron chi connectivity index (χ4n) is 2.90. The normalized spacial score (nSPS) is 15.4. The zero-order chi connectivity index (χ0) is 18.2. The van der Waals surface area contributed by atoms with Gasteiger partial charge in [-0.25, -0.2) is 0 Å². The van der Waals surface area contributed by atoms with Gasteiger partial charge in [-0.1, -0.05) is 31.0 Å². The van der Waals surface area contributed by atoms with Gasteiger partial charge < -0.3 is 15.4 Å². The number of nitrogens with one attached hydrogen (secondary N) is 2. The molecule has 136 valence electrons. The lowest BCUT2D eigenvalue weighted by Gasteiger charge is -2.17. The van der Waals surface area contributed by atoms with Crippen molar-refractivity contribution in [1.29, 1.82) is 0 Å². The molecular formula is C19H26N2O4. The van der Waals surface area contributed by atoms with Crippen molar-refractivity contribution in [1.82, 2.24) is 10.6 Å². The van der Waals surface area contributed by atoms with Crippen molar-refractivity contribution >= 4 is 17.8 Å². The Morgan fingerprint density at radius 2 is 1.88 bits per heavy atom. The molecule has 1 atom stereocenters. The minimum Gasteiger partial charge on any atom is -0.452 e. The molecule has 2 amide bonds. The van der Waals surface area contributed by atoms with Gasteiger partial charge in [0.1, 0.15) is 0 Å². The van der Waals surface area contributed by atoms with Crippen LogP contribution in [-0.2, 0) is 14.3 Å². The van der Waals surface area contributed by atoms with Crippen LogP contribution in [0.1, 0.15) is 54.9 Å². The molecule has 0 aliphatic heterocycles. The number of ether oxygens (including phenoxy) is 1. The van der Waals surface area contributed by atoms with Crippen LogP contribution in [-0.4, -0.2) is 36.5 Å². The van der Waals surface area contributed by atoms with Crippen molar-refractivity contribution in [3.8, 4) is 0 Å². The quantitative estimate of drug-likeness (QED) is 0.741. The van der Waals surface area contributed by atoms with Crippen molar-refractivity contribution in [2.75, 3.05) is 6.54 Å². The third kappa shape index (κ3) is 5.89. The number of amides is 2. The Balaban J connectivity index is 1.68. The molecule has 0 aromatic heterocycles. The van der Waals surface area contributed by atoms with E-state index in [0.717, 1.165) is 31.2 Å². The topological polar surface area (TPSA) is 84.5 Å². The van der Waals surface area contributed by atoms with Crippen LogP contribution >= 0.6 is 0 Å². The summed E-state index contributed by atoms with van der Waals surface area (Å²) in [6.07, 6.45) is 3.42. The Bertz CT molecular complexity index is 624. The van der Waals surface area contributed by atoms with Gasteiger partial charge in [0.15, 0.2) is 6.10 Å². The zero-order valence-electron chi connectivity index (χ0n) is 14.8. The lowest BCUT2D eigenvalue weighted by atomic mass is 10.1. The van der Waals surface area contributed by atoms with Crippen molar-refractivity contribution < 1.29 is 19.1 Å². The highest BCUT2D eigenvalue weighted by Gasteiger charge is 2.23. The number of carbonyl (C=O) groups is 3. The van der Waals surface area contributed by atoms with Gasteiger partial charge in [-0.05, 0) is 38.3 Å². The molecule has 1 fully saturated rings. The minimum absolute atomic E-state index is 0.0265. The standard InChI is InChI=1S/C19H26N2O4/c1-13-7-3-6-10-16(13)19(24)20-12-11-17(22)25-14(2)18(23)21-15-8-4-5-9-15/h3,6-7,10,14-15H,4-5,8-9,11-12H2,1-2H3,(H,20,24)(H,21,23). The van der Waals surface area contributed by atoms with Gasteiger partial charge in [0.25, 0.3) is 11.8 Å². The molecule has 1 aliphatic rings. The van der Waals surface area contributed by atoms with Crippen molar-refractivity contribution in [2.45, 2.75) is 58.1 Å². The molecular weight excluding hydrogens is 320 g/mol. The SMILES string of the molecule is Cc1ccccc1C(=O)NCCC(=O)OC(C)C(=O)NC1CCCC1. The summed E-state index contributed by atoms with van der Waals surface area (Å²) in [7, 11) is 0. The molecule has 0 spiro atoms. The van der Waals surface area contributed by atoms with Crippen molar-refractivity contribution in [3.63, 3.8) is 0 Å². The van der Waals surface area contributed by atoms with Crippen LogP contribution in [0.5, 0.6) is 0 Å². The van der Waals surface area contributed by atoms with Crippen molar-refractivity contribution in [3.05, 3.63) is 35.4 Å². The van der Waals surface area contributed by atoms with Crippen molar-refractivity contribution in [2.24, 2.45) is 0 Å². The van der Waals surface area contributed by atoms with E-state index in [0.29, 0.717) is 5.56 Å². The molecule has 2 N–H and O–H groups in total. The molecule has 6 heteroatoms. The van der Waals surface area contributed by atoms with Gasteiger partial charge in [-0.2, -0.15) is 0 Å². The van der Waals surface area contributed by atoms with Gasteiger partial charge in [-0.3, -0.25) is 14.4 Å². The van der Waals surface area contributed by atoms with Crippen LogP contribution in [0.4, 0.5) is 0 Å². The fourth-order valence-corrected chi connectivity index (χ4v) is 2.90. The first kappa shape index (κ1) is 19.0. The first-order chi connectivity index (χ1) is 12.0. The Kier molecular flexibility index (Phi) is 6.98. The third-order valence-electron chi connectivity index (χ3n) is 4.38. The summed E-state index contributed by atoms with van der Waals surface area (Å²) >= 11 is 0. The molecule has 1 aromatic rings. The number of carbonyl (C=O) groups excluding carboxylic acids is 3. The summed E-state index contributed by atoms with van der Waals surface area (Å²) in [5, 5.41) is 5.59. The molecule has 0 saturated heterocycles. The monoisotopic (exact) mass is 346 g/mol. The fraction of sp³-hybridized carbons (Fsp3) is 0.526. The molecule has 0 heterocycles. The molecule has 0 bridgehead atoms. The average molecular weight is 346 g/mol. The number of hydrogen-bond acceptors (Lipinski definition) is 4. The highest BCUT2D eigenvalue weighted by Crippen LogP contribution is 2.17. The van der Waals surface area contributed by atoms with Crippen LogP contribution < -0.4 is 10.6 Å². The first-order valence-corrected chi connectivity index (χ1v) is 8.81. The van der Waals surface area contributed by atoms with Gasteiger partial charge in [0.05, 0.1) is 6.42 Å². The molecule has 6 nitrogen and oxygen atoms in total. The predicted octanol–water partition coefficient (Wildman–Crippen LogP) is 2.11. The second kappa shape index (κ2) is 9.20. The molecule has 0 radical (unpaired) electrons. The third-order valence-corrected chi connectivity index (χ3v) is 4.38. The summed E-state index contributed by atoms with van der Waals surface area (Å²) in [6.45, 7) is 3.59. The second-order valence-electron chi connectivity index (χ2n) is 6.44. The van der Waals surface area contributed by atoms with E-state index >= 15 is 0 Å². The van der Waals surface area contributed by atoms with E-state index in [2.05, 4.69) is 10.6 Å². The van der Waals surface area contributed by atoms with Gasteiger partial charge in [0.2, 0.25) is 0 Å². The lowest BCUT2D eigenvalue weighted by Crippen LogP contribution is -2.41. The summed E-state index contributed by atoms with van der Waals surface area (Å²) < 4.78 is 5.13. The van der Waals surface area contributed by atoms with Crippen LogP contribution in [0, 0.1) is 6.92 Å². The van der Waals surface area contributed by atoms with E-state index < -0.39 is 12.1 Å². The van der Waals surface area contributed by atoms with E-state index in [1.54, 1.807) is 19.1 Å². The summed E-state index contributed by atoms with van der Waals surface area (Å²) in [5.74, 6) is -0.985. The van der Waals surface area contributed by atoms with Crippen LogP contribution in [0.15, 0.2) is 24.3 Å². The average Bonchev–Trinajstić information content (AvgIpc) is 3.08. The Morgan fingerprint density at radius 1 is 1.20 bits per heavy atom. The van der Waals surface area contributed by atoms with E-state index in [4.69, 9.17) is 4.74 Å². The summed E-state index contributed by atoms with van der Waals surface area (Å²) in [4.78, 5) is 35.9. The van der Waals surface area contributed by atoms with Gasteiger partial charge in [0, 0.05) is 18.2 Å². The Morgan fingerprint density at radius 3 is 2.56 bits per heavy atom. The molecule has 1 saturated carbocycles. The van der Waals surface area contributed by atoms with Gasteiger partial charge >= 0.3 is 5.97 Å². The number of esters is 1. The molecule has 1 aliphatic carbocycles. The Labute approximate surface area is 148 Å². The molecule has 1 unspecified atom stereocenters. The summed E-state index contributed by atoms with van der Waals surface area (Å²) in [6, 6.07) is 7.44.